The van der Waals surface area contributed by atoms with Crippen LogP contribution in [0.15, 0.2) is 59.1 Å². The second-order valence-electron chi connectivity index (χ2n) is 7.94. The number of benzene rings is 2. The summed E-state index contributed by atoms with van der Waals surface area (Å²) in [4.78, 5) is 42.2. The van der Waals surface area contributed by atoms with E-state index in [1.54, 1.807) is 6.92 Å². The van der Waals surface area contributed by atoms with E-state index < -0.39 is 29.7 Å². The molecule has 1 unspecified atom stereocenters. The van der Waals surface area contributed by atoms with Crippen LogP contribution in [-0.4, -0.2) is 51.9 Å². The molecule has 1 aliphatic rings. The predicted octanol–water partition coefficient (Wildman–Crippen LogP) is 1.82. The number of carbonyl (C=O) groups excluding carboxylic acids is 3. The Hall–Kier alpha value is -4.05. The smallest absolute Gasteiger partial charge is 0.278 e. The number of nitrogens with two attached hydrogens (primary N) is 1. The van der Waals surface area contributed by atoms with E-state index >= 15 is 0 Å². The monoisotopic (exact) mass is 465 g/mol. The molecule has 0 spiro atoms. The zero-order valence-corrected chi connectivity index (χ0v) is 18.5. The van der Waals surface area contributed by atoms with Crippen LogP contribution in [0.2, 0.25) is 0 Å². The van der Waals surface area contributed by atoms with Crippen LogP contribution in [0, 0.1) is 12.7 Å². The summed E-state index contributed by atoms with van der Waals surface area (Å²) in [6.07, 6.45) is -1.21. The summed E-state index contributed by atoms with van der Waals surface area (Å²) in [5.74, 6) is -1.58. The van der Waals surface area contributed by atoms with Crippen molar-refractivity contribution in [1.82, 2.24) is 20.3 Å². The fourth-order valence-corrected chi connectivity index (χ4v) is 3.86. The topological polar surface area (TPSA) is 122 Å². The van der Waals surface area contributed by atoms with Crippen molar-refractivity contribution in [2.75, 3.05) is 13.1 Å². The first kappa shape index (κ1) is 23.1. The number of nitrogens with one attached hydrogen (secondary N) is 1. The molecule has 1 fully saturated rings. The van der Waals surface area contributed by atoms with Crippen LogP contribution in [0.1, 0.15) is 37.7 Å². The summed E-state index contributed by atoms with van der Waals surface area (Å²) in [7, 11) is 0. The summed E-state index contributed by atoms with van der Waals surface area (Å²) < 4.78 is 18.3. The molecule has 1 saturated heterocycles. The molecule has 3 amide bonds. The van der Waals surface area contributed by atoms with E-state index in [9.17, 15) is 18.8 Å². The Labute approximate surface area is 195 Å². The quantitative estimate of drug-likeness (QED) is 0.573. The Kier molecular flexibility index (Phi) is 6.69. The number of carbonyl (C=O) groups is 3. The summed E-state index contributed by atoms with van der Waals surface area (Å²) in [6.45, 7) is 2.45. The summed E-state index contributed by atoms with van der Waals surface area (Å²) >= 11 is 0. The number of hydrogen-bond donors (Lipinski definition) is 2. The van der Waals surface area contributed by atoms with Crippen LogP contribution >= 0.6 is 0 Å². The predicted molar refractivity (Wildman–Crippen MR) is 120 cm³/mol. The van der Waals surface area contributed by atoms with Crippen LogP contribution in [0.25, 0.3) is 0 Å². The molecule has 0 aliphatic carbocycles. The number of rotatable bonds is 6. The van der Waals surface area contributed by atoms with Gasteiger partial charge in [0.05, 0.1) is 0 Å². The minimum Gasteiger partial charge on any atom is -0.361 e. The van der Waals surface area contributed by atoms with Crippen LogP contribution in [0.5, 0.6) is 0 Å². The lowest BCUT2D eigenvalue weighted by Gasteiger charge is -2.28. The minimum absolute atomic E-state index is 0.0435. The van der Waals surface area contributed by atoms with Crippen molar-refractivity contribution in [3.8, 4) is 0 Å². The summed E-state index contributed by atoms with van der Waals surface area (Å²) in [5.41, 5.74) is 7.68. The number of nitrogens with zero attached hydrogens (tertiary/aromatic N) is 3. The van der Waals surface area contributed by atoms with Gasteiger partial charge in [0.2, 0.25) is 0 Å². The lowest BCUT2D eigenvalue weighted by atomic mass is 10.1. The molecule has 3 N–H and O–H groups in total. The van der Waals surface area contributed by atoms with Gasteiger partial charge in [-0.05, 0) is 42.3 Å². The van der Waals surface area contributed by atoms with E-state index in [1.165, 1.54) is 40.1 Å². The highest BCUT2D eigenvalue weighted by Gasteiger charge is 2.43. The average Bonchev–Trinajstić information content (AvgIpc) is 3.49. The van der Waals surface area contributed by atoms with Gasteiger partial charge in [-0.15, -0.1) is 0 Å². The third kappa shape index (κ3) is 4.81. The highest BCUT2D eigenvalue weighted by atomic mass is 19.1. The molecule has 0 bridgehead atoms. The standard InChI is InChI=1S/C24H24FN5O4/c1-15-11-20(28-34-15)24(33)30-10-9-29(23(32)18-5-7-19(25)8-6-18)22(30)21(31)27-14-17-4-2-3-16(12-17)13-26/h2-8,11-12,22H,9-10,13-14,26H2,1H3,(H,27,31). The van der Waals surface area contributed by atoms with Crippen molar-refractivity contribution >= 4 is 17.7 Å². The Balaban J connectivity index is 1.59. The fraction of sp³-hybridized carbons (Fsp3) is 0.250. The van der Waals surface area contributed by atoms with Gasteiger partial charge in [0.1, 0.15) is 11.6 Å². The van der Waals surface area contributed by atoms with E-state index in [1.807, 2.05) is 24.3 Å². The maximum atomic E-state index is 13.3. The molecule has 2 heterocycles. The van der Waals surface area contributed by atoms with Gasteiger partial charge < -0.3 is 25.4 Å². The number of aromatic nitrogens is 1. The fourth-order valence-electron chi connectivity index (χ4n) is 3.86. The Morgan fingerprint density at radius 2 is 1.74 bits per heavy atom. The van der Waals surface area contributed by atoms with Crippen molar-refractivity contribution < 1.29 is 23.3 Å². The number of amides is 3. The van der Waals surface area contributed by atoms with E-state index in [2.05, 4.69) is 10.5 Å². The normalized spacial score (nSPS) is 15.4. The van der Waals surface area contributed by atoms with Crippen LogP contribution in [-0.2, 0) is 17.9 Å². The van der Waals surface area contributed by atoms with Gasteiger partial charge in [0, 0.05) is 37.8 Å². The molecule has 1 aliphatic heterocycles. The zero-order chi connectivity index (χ0) is 24.2. The van der Waals surface area contributed by atoms with Gasteiger partial charge in [-0.1, -0.05) is 29.4 Å². The van der Waals surface area contributed by atoms with Crippen molar-refractivity contribution in [1.29, 1.82) is 0 Å². The van der Waals surface area contributed by atoms with Crippen LogP contribution < -0.4 is 11.1 Å². The molecule has 3 aromatic rings. The molecule has 9 nitrogen and oxygen atoms in total. The molecule has 10 heteroatoms. The van der Waals surface area contributed by atoms with E-state index in [-0.39, 0.29) is 30.9 Å². The second-order valence-corrected chi connectivity index (χ2v) is 7.94. The number of halogens is 1. The first-order chi connectivity index (χ1) is 16.4. The zero-order valence-electron chi connectivity index (χ0n) is 18.5. The van der Waals surface area contributed by atoms with Crippen molar-refractivity contribution in [2.24, 2.45) is 5.73 Å². The Morgan fingerprint density at radius 3 is 2.38 bits per heavy atom. The molecule has 1 aromatic heterocycles. The average molecular weight is 465 g/mol. The third-order valence-electron chi connectivity index (χ3n) is 5.56. The van der Waals surface area contributed by atoms with Crippen molar-refractivity contribution in [2.45, 2.75) is 26.2 Å². The maximum Gasteiger partial charge on any atom is 0.278 e. The molecular weight excluding hydrogens is 441 g/mol. The van der Waals surface area contributed by atoms with Gasteiger partial charge in [-0.3, -0.25) is 14.4 Å². The van der Waals surface area contributed by atoms with E-state index in [4.69, 9.17) is 10.3 Å². The van der Waals surface area contributed by atoms with Crippen LogP contribution in [0.4, 0.5) is 4.39 Å². The van der Waals surface area contributed by atoms with Crippen LogP contribution in [0.3, 0.4) is 0 Å². The van der Waals surface area contributed by atoms with Gasteiger partial charge in [0.25, 0.3) is 17.7 Å². The molecule has 0 radical (unpaired) electrons. The number of aryl methyl sites for hydroxylation is 1. The number of hydrogen-bond acceptors (Lipinski definition) is 6. The maximum absolute atomic E-state index is 13.3. The van der Waals surface area contributed by atoms with Crippen molar-refractivity contribution in [3.63, 3.8) is 0 Å². The molecule has 2 aromatic carbocycles. The highest BCUT2D eigenvalue weighted by molar-refractivity contribution is 6.01. The van der Waals surface area contributed by atoms with E-state index in [0.29, 0.717) is 12.3 Å². The molecule has 4 rings (SSSR count). The first-order valence-electron chi connectivity index (χ1n) is 10.7. The lowest BCUT2D eigenvalue weighted by Crippen LogP contribution is -2.53. The first-order valence-corrected chi connectivity index (χ1v) is 10.7. The largest absolute Gasteiger partial charge is 0.361 e. The summed E-state index contributed by atoms with van der Waals surface area (Å²) in [6, 6.07) is 13.9. The Bertz CT molecular complexity index is 1210. The van der Waals surface area contributed by atoms with Gasteiger partial charge in [-0.2, -0.15) is 0 Å². The summed E-state index contributed by atoms with van der Waals surface area (Å²) in [5, 5.41) is 6.56. The Morgan fingerprint density at radius 1 is 1.06 bits per heavy atom. The molecule has 34 heavy (non-hydrogen) atoms. The second kappa shape index (κ2) is 9.84. The minimum atomic E-state index is -1.21. The highest BCUT2D eigenvalue weighted by Crippen LogP contribution is 2.21. The van der Waals surface area contributed by atoms with Gasteiger partial charge in [0.15, 0.2) is 11.9 Å². The van der Waals surface area contributed by atoms with Crippen molar-refractivity contribution in [3.05, 3.63) is 88.6 Å². The third-order valence-corrected chi connectivity index (χ3v) is 5.56. The lowest BCUT2D eigenvalue weighted by molar-refractivity contribution is -0.128. The van der Waals surface area contributed by atoms with E-state index in [0.717, 1.165) is 11.1 Å². The van der Waals surface area contributed by atoms with Gasteiger partial charge >= 0.3 is 0 Å². The van der Waals surface area contributed by atoms with Gasteiger partial charge in [-0.25, -0.2) is 4.39 Å². The molecule has 0 saturated carbocycles. The molecule has 176 valence electrons. The molecule has 1 atom stereocenters. The SMILES string of the molecule is Cc1cc(C(=O)N2CCN(C(=O)c3ccc(F)cc3)C2C(=O)NCc2cccc(CN)c2)no1. The molecular formula is C24H24FN5O4.